The Hall–Kier alpha value is -3.57. The van der Waals surface area contributed by atoms with Gasteiger partial charge in [0.25, 0.3) is 5.91 Å². The summed E-state index contributed by atoms with van der Waals surface area (Å²) in [6.07, 6.45) is 0.0618. The first kappa shape index (κ1) is 27.0. The first-order chi connectivity index (χ1) is 17.3. The maximum absolute atomic E-state index is 12.7. The normalized spacial score (nSPS) is 11.3. The van der Waals surface area contributed by atoms with E-state index in [1.54, 1.807) is 55.6 Å². The summed E-state index contributed by atoms with van der Waals surface area (Å²) in [4.78, 5) is 42.1. The number of anilines is 2. The fraction of sp³-hybridized carbons (Fsp3) is 0.280. The molecule has 1 aromatic heterocycles. The molecule has 1 atom stereocenters. The molecular weight excluding hydrogens is 502 g/mol. The highest BCUT2D eigenvalue weighted by atomic mass is 32.2. The van der Waals surface area contributed by atoms with Crippen LogP contribution in [0.4, 0.5) is 10.8 Å². The quantitative estimate of drug-likeness (QED) is 0.273. The number of benzene rings is 2. The van der Waals surface area contributed by atoms with Gasteiger partial charge in [0.1, 0.15) is 0 Å². The summed E-state index contributed by atoms with van der Waals surface area (Å²) in [6.45, 7) is 3.83. The van der Waals surface area contributed by atoms with E-state index in [2.05, 4.69) is 15.6 Å². The molecule has 0 saturated carbocycles. The number of nitrogens with zero attached hydrogens (tertiary/aromatic N) is 1. The zero-order valence-corrected chi connectivity index (χ0v) is 22.0. The second-order valence-electron chi connectivity index (χ2n) is 7.43. The molecule has 0 aliphatic carbocycles. The molecular formula is C25H27N3O6S2. The molecule has 36 heavy (non-hydrogen) atoms. The summed E-state index contributed by atoms with van der Waals surface area (Å²) < 4.78 is 15.4. The summed E-state index contributed by atoms with van der Waals surface area (Å²) in [5.41, 5.74) is 1.56. The molecule has 0 fully saturated rings. The Labute approximate surface area is 217 Å². The minimum atomic E-state index is -0.431. The van der Waals surface area contributed by atoms with E-state index in [1.165, 1.54) is 37.3 Å². The number of ether oxygens (including phenoxy) is 3. The third-order valence-corrected chi connectivity index (χ3v) is 6.73. The summed E-state index contributed by atoms with van der Waals surface area (Å²) in [6, 6.07) is 12.2. The Kier molecular flexibility index (Phi) is 9.71. The van der Waals surface area contributed by atoms with E-state index in [-0.39, 0.29) is 24.2 Å². The standard InChI is InChI=1S/C25H27N3O6S2/c1-5-34-22(29)13-18-14-35-25(27-18)28-23(30)15(2)36-19-8-6-7-17(12-19)26-24(31)16-9-10-20(32-3)21(11-16)33-4/h6-12,14-15H,5,13H2,1-4H3,(H,26,31)(H,27,28,30). The van der Waals surface area contributed by atoms with E-state index in [0.717, 1.165) is 4.90 Å². The van der Waals surface area contributed by atoms with Gasteiger partial charge in [0.05, 0.1) is 38.2 Å². The van der Waals surface area contributed by atoms with Crippen LogP contribution in [0.25, 0.3) is 0 Å². The predicted octanol–water partition coefficient (Wildman–Crippen LogP) is 4.64. The molecule has 3 rings (SSSR count). The van der Waals surface area contributed by atoms with Gasteiger partial charge in [-0.2, -0.15) is 0 Å². The molecule has 3 aromatic rings. The first-order valence-electron chi connectivity index (χ1n) is 11.0. The second kappa shape index (κ2) is 12.9. The number of methoxy groups -OCH3 is 2. The number of hydrogen-bond acceptors (Lipinski definition) is 9. The molecule has 0 saturated heterocycles. The molecule has 0 aliphatic heterocycles. The highest BCUT2D eigenvalue weighted by Crippen LogP contribution is 2.29. The highest BCUT2D eigenvalue weighted by molar-refractivity contribution is 8.00. The van der Waals surface area contributed by atoms with Crippen LogP contribution in [-0.4, -0.2) is 48.8 Å². The van der Waals surface area contributed by atoms with Gasteiger partial charge in [-0.3, -0.25) is 14.4 Å². The molecule has 0 radical (unpaired) electrons. The zero-order chi connectivity index (χ0) is 26.1. The predicted molar refractivity (Wildman–Crippen MR) is 140 cm³/mol. The van der Waals surface area contributed by atoms with E-state index < -0.39 is 5.25 Å². The lowest BCUT2D eigenvalue weighted by Gasteiger charge is -2.12. The minimum absolute atomic E-state index is 0.0618. The number of thioether (sulfide) groups is 1. The summed E-state index contributed by atoms with van der Waals surface area (Å²) in [5.74, 6) is 0.112. The van der Waals surface area contributed by atoms with Crippen LogP contribution in [-0.2, 0) is 20.7 Å². The monoisotopic (exact) mass is 529 g/mol. The molecule has 2 amide bonds. The van der Waals surface area contributed by atoms with Crippen molar-refractivity contribution in [2.24, 2.45) is 0 Å². The van der Waals surface area contributed by atoms with Crippen LogP contribution in [0, 0.1) is 0 Å². The Bertz CT molecular complexity index is 1230. The average molecular weight is 530 g/mol. The van der Waals surface area contributed by atoms with Gasteiger partial charge in [-0.25, -0.2) is 4.98 Å². The van der Waals surface area contributed by atoms with Crippen LogP contribution >= 0.6 is 23.1 Å². The maximum atomic E-state index is 12.7. The van der Waals surface area contributed by atoms with Crippen LogP contribution in [0.5, 0.6) is 11.5 Å². The number of aromatic nitrogens is 1. The van der Waals surface area contributed by atoms with E-state index in [9.17, 15) is 14.4 Å². The summed E-state index contributed by atoms with van der Waals surface area (Å²) >= 11 is 2.60. The topological polar surface area (TPSA) is 116 Å². The minimum Gasteiger partial charge on any atom is -0.493 e. The van der Waals surface area contributed by atoms with Crippen LogP contribution in [0.1, 0.15) is 29.9 Å². The van der Waals surface area contributed by atoms with Crippen LogP contribution in [0.3, 0.4) is 0 Å². The van der Waals surface area contributed by atoms with Gasteiger partial charge in [0.15, 0.2) is 16.6 Å². The Morgan fingerprint density at radius 1 is 1.06 bits per heavy atom. The number of thiazole rings is 1. The van der Waals surface area contributed by atoms with Crippen molar-refractivity contribution in [3.05, 3.63) is 59.1 Å². The van der Waals surface area contributed by atoms with Gasteiger partial charge in [0.2, 0.25) is 5.91 Å². The highest BCUT2D eigenvalue weighted by Gasteiger charge is 2.18. The van der Waals surface area contributed by atoms with Gasteiger partial charge in [-0.1, -0.05) is 6.07 Å². The molecule has 1 heterocycles. The van der Waals surface area contributed by atoms with Crippen molar-refractivity contribution >= 4 is 51.7 Å². The van der Waals surface area contributed by atoms with Crippen molar-refractivity contribution in [2.75, 3.05) is 31.5 Å². The van der Waals surface area contributed by atoms with Crippen molar-refractivity contribution < 1.29 is 28.6 Å². The van der Waals surface area contributed by atoms with E-state index in [1.807, 2.05) is 6.07 Å². The lowest BCUT2D eigenvalue weighted by Crippen LogP contribution is -2.22. The van der Waals surface area contributed by atoms with E-state index in [4.69, 9.17) is 14.2 Å². The lowest BCUT2D eigenvalue weighted by molar-refractivity contribution is -0.142. The van der Waals surface area contributed by atoms with Crippen molar-refractivity contribution in [1.82, 2.24) is 4.98 Å². The van der Waals surface area contributed by atoms with Crippen LogP contribution < -0.4 is 20.1 Å². The van der Waals surface area contributed by atoms with Crippen LogP contribution in [0.2, 0.25) is 0 Å². The Morgan fingerprint density at radius 2 is 1.83 bits per heavy atom. The molecule has 2 aromatic carbocycles. The second-order valence-corrected chi connectivity index (χ2v) is 9.70. The number of amides is 2. The SMILES string of the molecule is CCOC(=O)Cc1csc(NC(=O)C(C)Sc2cccc(NC(=O)c3ccc(OC)c(OC)c3)c2)n1. The third-order valence-electron chi connectivity index (χ3n) is 4.83. The number of nitrogens with one attached hydrogen (secondary N) is 2. The average Bonchev–Trinajstić information content (AvgIpc) is 3.30. The van der Waals surface area contributed by atoms with Gasteiger partial charge >= 0.3 is 5.97 Å². The number of esters is 1. The van der Waals surface area contributed by atoms with Crippen molar-refractivity contribution in [1.29, 1.82) is 0 Å². The smallest absolute Gasteiger partial charge is 0.311 e. The molecule has 1 unspecified atom stereocenters. The molecule has 2 N–H and O–H groups in total. The molecule has 0 aliphatic rings. The summed E-state index contributed by atoms with van der Waals surface area (Å²) in [5, 5.41) is 7.35. The van der Waals surface area contributed by atoms with Crippen molar-refractivity contribution in [2.45, 2.75) is 30.4 Å². The van der Waals surface area contributed by atoms with Gasteiger partial charge in [-0.15, -0.1) is 23.1 Å². The number of hydrogen-bond donors (Lipinski definition) is 2. The van der Waals surface area contributed by atoms with Gasteiger partial charge < -0.3 is 24.8 Å². The van der Waals surface area contributed by atoms with Crippen molar-refractivity contribution in [3.8, 4) is 11.5 Å². The van der Waals surface area contributed by atoms with Gasteiger partial charge in [0, 0.05) is 21.5 Å². The van der Waals surface area contributed by atoms with Crippen LogP contribution in [0.15, 0.2) is 52.7 Å². The molecule has 190 valence electrons. The molecule has 9 nitrogen and oxygen atoms in total. The maximum Gasteiger partial charge on any atom is 0.311 e. The largest absolute Gasteiger partial charge is 0.493 e. The molecule has 11 heteroatoms. The fourth-order valence-electron chi connectivity index (χ4n) is 3.10. The third kappa shape index (κ3) is 7.46. The number of rotatable bonds is 11. The Balaban J connectivity index is 1.58. The fourth-order valence-corrected chi connectivity index (χ4v) is 4.74. The number of carbonyl (C=O) groups is 3. The number of carbonyl (C=O) groups excluding carboxylic acids is 3. The first-order valence-corrected chi connectivity index (χ1v) is 12.8. The van der Waals surface area contributed by atoms with Gasteiger partial charge in [-0.05, 0) is 50.2 Å². The summed E-state index contributed by atoms with van der Waals surface area (Å²) in [7, 11) is 3.04. The molecule has 0 bridgehead atoms. The van der Waals surface area contributed by atoms with E-state index >= 15 is 0 Å². The zero-order valence-electron chi connectivity index (χ0n) is 20.3. The molecule has 0 spiro atoms. The Morgan fingerprint density at radius 3 is 2.56 bits per heavy atom. The lowest BCUT2D eigenvalue weighted by atomic mass is 10.2. The van der Waals surface area contributed by atoms with E-state index in [0.29, 0.717) is 40.2 Å². The van der Waals surface area contributed by atoms with Crippen molar-refractivity contribution in [3.63, 3.8) is 0 Å².